The lowest BCUT2D eigenvalue weighted by atomic mass is 10.0. The Kier molecular flexibility index (Phi) is 5.18. The van der Waals surface area contributed by atoms with E-state index in [0.29, 0.717) is 12.0 Å². The Labute approximate surface area is 119 Å². The molecule has 0 aliphatic heterocycles. The van der Waals surface area contributed by atoms with E-state index in [1.165, 1.54) is 7.11 Å². The van der Waals surface area contributed by atoms with Crippen molar-refractivity contribution >= 4 is 5.97 Å². The van der Waals surface area contributed by atoms with Crippen LogP contribution in [0.25, 0.3) is 0 Å². The van der Waals surface area contributed by atoms with E-state index in [0.717, 1.165) is 30.6 Å². The molecule has 4 nitrogen and oxygen atoms in total. The van der Waals surface area contributed by atoms with Crippen LogP contribution >= 0.6 is 0 Å². The summed E-state index contributed by atoms with van der Waals surface area (Å²) in [5.41, 5.74) is 1.68. The molecule has 1 atom stereocenters. The Morgan fingerprint density at radius 3 is 2.70 bits per heavy atom. The number of ether oxygens (including phenoxy) is 2. The highest BCUT2D eigenvalue weighted by molar-refractivity contribution is 5.90. The maximum atomic E-state index is 11.8. The first kappa shape index (κ1) is 14.6. The first-order valence-corrected chi connectivity index (χ1v) is 6.89. The van der Waals surface area contributed by atoms with Crippen molar-refractivity contribution in [2.75, 3.05) is 13.7 Å². The van der Waals surface area contributed by atoms with Gasteiger partial charge in [0.25, 0.3) is 0 Å². The van der Waals surface area contributed by atoms with Gasteiger partial charge in [0, 0.05) is 18.6 Å². The van der Waals surface area contributed by atoms with Crippen LogP contribution in [0.3, 0.4) is 0 Å². The molecule has 0 radical (unpaired) electrons. The highest BCUT2D eigenvalue weighted by Crippen LogP contribution is 2.32. The lowest BCUT2D eigenvalue weighted by Crippen LogP contribution is -2.22. The normalized spacial score (nSPS) is 16.1. The average Bonchev–Trinajstić information content (AvgIpc) is 2.96. The average molecular weight is 276 g/mol. The van der Waals surface area contributed by atoms with Crippen molar-refractivity contribution in [3.05, 3.63) is 41.5 Å². The van der Waals surface area contributed by atoms with Crippen molar-refractivity contribution < 1.29 is 19.4 Å². The summed E-state index contributed by atoms with van der Waals surface area (Å²) >= 11 is 0. The molecule has 0 saturated carbocycles. The SMILES string of the molecule is COC(=O)C1=C([C@H](CCO)Oc2ccccc2)CCC1. The fourth-order valence-electron chi connectivity index (χ4n) is 2.56. The number of methoxy groups -OCH3 is 1. The number of aliphatic hydroxyl groups is 1. The lowest BCUT2D eigenvalue weighted by Gasteiger charge is -2.21. The monoisotopic (exact) mass is 276 g/mol. The van der Waals surface area contributed by atoms with Crippen molar-refractivity contribution in [3.63, 3.8) is 0 Å². The van der Waals surface area contributed by atoms with E-state index < -0.39 is 0 Å². The maximum Gasteiger partial charge on any atom is 0.333 e. The van der Waals surface area contributed by atoms with Gasteiger partial charge in [0.2, 0.25) is 0 Å². The molecular formula is C16H20O4. The van der Waals surface area contributed by atoms with E-state index in [4.69, 9.17) is 9.47 Å². The van der Waals surface area contributed by atoms with Crippen molar-refractivity contribution in [2.24, 2.45) is 0 Å². The largest absolute Gasteiger partial charge is 0.486 e. The molecule has 1 aliphatic carbocycles. The van der Waals surface area contributed by atoms with Crippen LogP contribution in [0.15, 0.2) is 41.5 Å². The number of rotatable bonds is 6. The molecule has 1 aliphatic rings. The van der Waals surface area contributed by atoms with Gasteiger partial charge < -0.3 is 14.6 Å². The van der Waals surface area contributed by atoms with Crippen LogP contribution in [0.2, 0.25) is 0 Å². The van der Waals surface area contributed by atoms with Crippen molar-refractivity contribution in [1.29, 1.82) is 0 Å². The van der Waals surface area contributed by atoms with Crippen molar-refractivity contribution in [1.82, 2.24) is 0 Å². The highest BCUT2D eigenvalue weighted by Gasteiger charge is 2.28. The van der Waals surface area contributed by atoms with Crippen LogP contribution in [0.1, 0.15) is 25.7 Å². The number of carbonyl (C=O) groups is 1. The number of benzene rings is 1. The van der Waals surface area contributed by atoms with Crippen LogP contribution in [-0.2, 0) is 9.53 Å². The molecule has 0 aromatic heterocycles. The maximum absolute atomic E-state index is 11.8. The summed E-state index contributed by atoms with van der Waals surface area (Å²) in [6, 6.07) is 9.46. The van der Waals surface area contributed by atoms with Crippen LogP contribution < -0.4 is 4.74 Å². The highest BCUT2D eigenvalue weighted by atomic mass is 16.5. The minimum Gasteiger partial charge on any atom is -0.486 e. The van der Waals surface area contributed by atoms with Gasteiger partial charge in [-0.15, -0.1) is 0 Å². The number of carbonyl (C=O) groups excluding carboxylic acids is 1. The Bertz CT molecular complexity index is 479. The molecule has 0 heterocycles. The molecule has 0 spiro atoms. The molecule has 0 bridgehead atoms. The van der Waals surface area contributed by atoms with Gasteiger partial charge >= 0.3 is 5.97 Å². The molecule has 0 fully saturated rings. The topological polar surface area (TPSA) is 55.8 Å². The first-order chi connectivity index (χ1) is 9.76. The van der Waals surface area contributed by atoms with E-state index in [1.807, 2.05) is 30.3 Å². The summed E-state index contributed by atoms with van der Waals surface area (Å²) < 4.78 is 10.8. The molecule has 108 valence electrons. The molecule has 1 aromatic rings. The number of aliphatic hydroxyl groups excluding tert-OH is 1. The summed E-state index contributed by atoms with van der Waals surface area (Å²) in [6.07, 6.45) is 2.69. The number of para-hydroxylation sites is 1. The molecule has 0 saturated heterocycles. The van der Waals surface area contributed by atoms with Crippen LogP contribution in [0, 0.1) is 0 Å². The van der Waals surface area contributed by atoms with Gasteiger partial charge in [0.1, 0.15) is 11.9 Å². The number of hydrogen-bond donors (Lipinski definition) is 1. The molecule has 4 heteroatoms. The smallest absolute Gasteiger partial charge is 0.333 e. The zero-order valence-electron chi connectivity index (χ0n) is 11.7. The van der Waals surface area contributed by atoms with Crippen LogP contribution in [0.4, 0.5) is 0 Å². The van der Waals surface area contributed by atoms with Crippen molar-refractivity contribution in [3.8, 4) is 5.75 Å². The van der Waals surface area contributed by atoms with E-state index in [9.17, 15) is 9.90 Å². The van der Waals surface area contributed by atoms with Crippen molar-refractivity contribution in [2.45, 2.75) is 31.8 Å². The molecule has 20 heavy (non-hydrogen) atoms. The molecule has 1 aromatic carbocycles. The predicted octanol–water partition coefficient (Wildman–Crippen LogP) is 2.47. The van der Waals surface area contributed by atoms with E-state index >= 15 is 0 Å². The van der Waals surface area contributed by atoms with Gasteiger partial charge in [-0.2, -0.15) is 0 Å². The second-order valence-corrected chi connectivity index (χ2v) is 4.78. The summed E-state index contributed by atoms with van der Waals surface area (Å²) in [7, 11) is 1.39. The van der Waals surface area contributed by atoms with Crippen LogP contribution in [-0.4, -0.2) is 30.9 Å². The molecular weight excluding hydrogens is 256 g/mol. The fourth-order valence-corrected chi connectivity index (χ4v) is 2.56. The summed E-state index contributed by atoms with van der Waals surface area (Å²) in [6.45, 7) is 0.0233. The number of hydrogen-bond acceptors (Lipinski definition) is 4. The Morgan fingerprint density at radius 1 is 1.30 bits per heavy atom. The fraction of sp³-hybridized carbons (Fsp3) is 0.438. The third-order valence-corrected chi connectivity index (χ3v) is 3.49. The van der Waals surface area contributed by atoms with Crippen LogP contribution in [0.5, 0.6) is 5.75 Å². The lowest BCUT2D eigenvalue weighted by molar-refractivity contribution is -0.136. The van der Waals surface area contributed by atoms with Gasteiger partial charge in [-0.25, -0.2) is 4.79 Å². The number of esters is 1. The molecule has 2 rings (SSSR count). The zero-order valence-corrected chi connectivity index (χ0v) is 11.7. The third-order valence-electron chi connectivity index (χ3n) is 3.49. The molecule has 0 unspecified atom stereocenters. The summed E-state index contributed by atoms with van der Waals surface area (Å²) in [5.74, 6) is 0.465. The van der Waals surface area contributed by atoms with Gasteiger partial charge in [-0.3, -0.25) is 0 Å². The predicted molar refractivity (Wildman–Crippen MR) is 75.5 cm³/mol. The standard InChI is InChI=1S/C16H20O4/c1-19-16(18)14-9-5-8-13(14)15(10-11-17)20-12-6-3-2-4-7-12/h2-4,6-7,15,17H,5,8-11H2,1H3/t15-/m0/s1. The van der Waals surface area contributed by atoms with Gasteiger partial charge in [0.05, 0.1) is 7.11 Å². The second-order valence-electron chi connectivity index (χ2n) is 4.78. The van der Waals surface area contributed by atoms with Gasteiger partial charge in [0.15, 0.2) is 0 Å². The first-order valence-electron chi connectivity index (χ1n) is 6.89. The van der Waals surface area contributed by atoms with Gasteiger partial charge in [-0.1, -0.05) is 18.2 Å². The van der Waals surface area contributed by atoms with E-state index in [1.54, 1.807) is 0 Å². The van der Waals surface area contributed by atoms with E-state index in [2.05, 4.69) is 0 Å². The quantitative estimate of drug-likeness (QED) is 0.811. The minimum absolute atomic E-state index is 0.0233. The third kappa shape index (κ3) is 3.39. The molecule has 1 N–H and O–H groups in total. The van der Waals surface area contributed by atoms with E-state index in [-0.39, 0.29) is 18.7 Å². The Balaban J connectivity index is 2.21. The van der Waals surface area contributed by atoms with Gasteiger partial charge in [-0.05, 0) is 37.0 Å². The summed E-state index contributed by atoms with van der Waals surface area (Å²) in [4.78, 5) is 11.8. The Hall–Kier alpha value is -1.81. The second kappa shape index (κ2) is 7.10. The molecule has 0 amide bonds. The minimum atomic E-state index is -0.280. The zero-order chi connectivity index (χ0) is 14.4. The summed E-state index contributed by atoms with van der Waals surface area (Å²) in [5, 5.41) is 9.24. The Morgan fingerprint density at radius 2 is 2.05 bits per heavy atom.